The number of hydrogen-bond acceptors (Lipinski definition) is 1. The minimum atomic E-state index is 0.167. The van der Waals surface area contributed by atoms with E-state index in [0.29, 0.717) is 0 Å². The van der Waals surface area contributed by atoms with E-state index >= 15 is 0 Å². The Labute approximate surface area is 133 Å². The number of ketones is 1. The van der Waals surface area contributed by atoms with Crippen LogP contribution in [0.15, 0.2) is 12.2 Å². The minimum Gasteiger partial charge on any atom is -0.295 e. The van der Waals surface area contributed by atoms with Crippen molar-refractivity contribution in [3.05, 3.63) is 12.2 Å². The molecule has 0 radical (unpaired) electrons. The molecule has 0 rings (SSSR count). The number of rotatable bonds is 16. The summed E-state index contributed by atoms with van der Waals surface area (Å²) in [5.41, 5.74) is 0. The zero-order valence-electron chi connectivity index (χ0n) is 14.7. The van der Waals surface area contributed by atoms with Gasteiger partial charge in [-0.25, -0.2) is 0 Å². The highest BCUT2D eigenvalue weighted by atomic mass is 16.1. The zero-order chi connectivity index (χ0) is 15.6. The Hall–Kier alpha value is -0.590. The Bertz CT molecular complexity index is 242. The van der Waals surface area contributed by atoms with Crippen molar-refractivity contribution in [3.8, 4) is 0 Å². The van der Waals surface area contributed by atoms with Gasteiger partial charge in [0.2, 0.25) is 0 Å². The Morgan fingerprint density at radius 1 is 0.667 bits per heavy atom. The smallest absolute Gasteiger partial charge is 0.152 e. The molecular weight excluding hydrogens is 256 g/mol. The quantitative estimate of drug-likeness (QED) is 0.221. The van der Waals surface area contributed by atoms with Gasteiger partial charge in [0.25, 0.3) is 0 Å². The van der Waals surface area contributed by atoms with Gasteiger partial charge in [0.05, 0.1) is 0 Å². The van der Waals surface area contributed by atoms with Gasteiger partial charge < -0.3 is 0 Å². The molecule has 21 heavy (non-hydrogen) atoms. The van der Waals surface area contributed by atoms with Gasteiger partial charge >= 0.3 is 0 Å². The van der Waals surface area contributed by atoms with Crippen LogP contribution in [0.2, 0.25) is 0 Å². The molecule has 0 heterocycles. The second-order valence-electron chi connectivity index (χ2n) is 6.40. The molecule has 0 saturated carbocycles. The third kappa shape index (κ3) is 19.4. The molecule has 1 nitrogen and oxygen atoms in total. The molecule has 0 unspecified atom stereocenters. The summed E-state index contributed by atoms with van der Waals surface area (Å²) < 4.78 is 0. The largest absolute Gasteiger partial charge is 0.295 e. The van der Waals surface area contributed by atoms with Gasteiger partial charge in [-0.15, -0.1) is 0 Å². The topological polar surface area (TPSA) is 17.1 Å². The predicted molar refractivity (Wildman–Crippen MR) is 94.8 cm³/mol. The third-order valence-corrected chi connectivity index (χ3v) is 4.08. The van der Waals surface area contributed by atoms with Crippen LogP contribution in [-0.2, 0) is 4.79 Å². The van der Waals surface area contributed by atoms with Crippen molar-refractivity contribution < 1.29 is 4.79 Å². The van der Waals surface area contributed by atoms with E-state index in [2.05, 4.69) is 6.92 Å². The van der Waals surface area contributed by atoms with Gasteiger partial charge in [0.15, 0.2) is 5.78 Å². The fourth-order valence-electron chi connectivity index (χ4n) is 2.71. The SMILES string of the molecule is CCCCCCCCCCCCCCCCC=CC(C)=O. The summed E-state index contributed by atoms with van der Waals surface area (Å²) >= 11 is 0. The summed E-state index contributed by atoms with van der Waals surface area (Å²) in [6.07, 6.45) is 24.4. The molecule has 0 fully saturated rings. The molecule has 0 aromatic heterocycles. The normalized spacial score (nSPS) is 11.3. The Morgan fingerprint density at radius 3 is 1.43 bits per heavy atom. The summed E-state index contributed by atoms with van der Waals surface area (Å²) in [7, 11) is 0. The van der Waals surface area contributed by atoms with Crippen LogP contribution in [0, 0.1) is 0 Å². The maximum atomic E-state index is 10.7. The molecule has 0 bridgehead atoms. The molecule has 0 aromatic carbocycles. The van der Waals surface area contributed by atoms with E-state index < -0.39 is 0 Å². The van der Waals surface area contributed by atoms with E-state index in [4.69, 9.17) is 0 Å². The number of unbranched alkanes of at least 4 members (excludes halogenated alkanes) is 14. The second-order valence-corrected chi connectivity index (χ2v) is 6.40. The minimum absolute atomic E-state index is 0.167. The lowest BCUT2D eigenvalue weighted by molar-refractivity contribution is -0.112. The van der Waals surface area contributed by atoms with Gasteiger partial charge in [0, 0.05) is 0 Å². The second kappa shape index (κ2) is 17.5. The standard InChI is InChI=1S/C20H38O/c1-3-4-5-6-7-8-9-10-11-12-13-14-15-16-17-18-19-20(2)21/h18-19H,3-17H2,1-2H3. The van der Waals surface area contributed by atoms with Crippen molar-refractivity contribution in [2.24, 2.45) is 0 Å². The van der Waals surface area contributed by atoms with Crippen LogP contribution in [0.1, 0.15) is 110 Å². The van der Waals surface area contributed by atoms with Crippen LogP contribution in [0.3, 0.4) is 0 Å². The molecule has 0 amide bonds. The van der Waals surface area contributed by atoms with E-state index in [1.54, 1.807) is 13.0 Å². The van der Waals surface area contributed by atoms with Gasteiger partial charge in [-0.1, -0.05) is 96.5 Å². The highest BCUT2D eigenvalue weighted by Crippen LogP contribution is 2.13. The average Bonchev–Trinajstić information content (AvgIpc) is 2.46. The van der Waals surface area contributed by atoms with Gasteiger partial charge in [0.1, 0.15) is 0 Å². The fourth-order valence-corrected chi connectivity index (χ4v) is 2.71. The first-order valence-electron chi connectivity index (χ1n) is 9.44. The highest BCUT2D eigenvalue weighted by molar-refractivity contribution is 5.87. The van der Waals surface area contributed by atoms with Crippen LogP contribution in [0.5, 0.6) is 0 Å². The van der Waals surface area contributed by atoms with Crippen LogP contribution < -0.4 is 0 Å². The van der Waals surface area contributed by atoms with E-state index in [0.717, 1.165) is 6.42 Å². The van der Waals surface area contributed by atoms with Crippen LogP contribution in [0.4, 0.5) is 0 Å². The molecule has 0 spiro atoms. The molecule has 0 aliphatic heterocycles. The van der Waals surface area contributed by atoms with E-state index in [-0.39, 0.29) is 5.78 Å². The van der Waals surface area contributed by atoms with Gasteiger partial charge in [-0.05, 0) is 25.8 Å². The molecule has 0 aliphatic carbocycles. The fraction of sp³-hybridized carbons (Fsp3) is 0.850. The first-order chi connectivity index (χ1) is 10.3. The summed E-state index contributed by atoms with van der Waals surface area (Å²) in [5, 5.41) is 0. The maximum absolute atomic E-state index is 10.7. The summed E-state index contributed by atoms with van der Waals surface area (Å²) in [5.74, 6) is 0.167. The summed E-state index contributed by atoms with van der Waals surface area (Å²) in [4.78, 5) is 10.7. The van der Waals surface area contributed by atoms with Crippen LogP contribution >= 0.6 is 0 Å². The third-order valence-electron chi connectivity index (χ3n) is 4.08. The maximum Gasteiger partial charge on any atom is 0.152 e. The van der Waals surface area contributed by atoms with E-state index in [9.17, 15) is 4.79 Å². The lowest BCUT2D eigenvalue weighted by Crippen LogP contribution is -1.83. The number of carbonyl (C=O) groups excluding carboxylic acids is 1. The van der Waals surface area contributed by atoms with Crippen molar-refractivity contribution in [3.63, 3.8) is 0 Å². The lowest BCUT2D eigenvalue weighted by atomic mass is 10.0. The molecule has 0 N–H and O–H groups in total. The predicted octanol–water partition coefficient (Wildman–Crippen LogP) is 7.00. The molecule has 124 valence electrons. The van der Waals surface area contributed by atoms with E-state index in [1.807, 2.05) is 6.08 Å². The molecule has 0 saturated heterocycles. The average molecular weight is 295 g/mol. The monoisotopic (exact) mass is 294 g/mol. The van der Waals surface area contributed by atoms with Crippen molar-refractivity contribution >= 4 is 5.78 Å². The number of carbonyl (C=O) groups is 1. The van der Waals surface area contributed by atoms with Crippen LogP contribution in [-0.4, -0.2) is 5.78 Å². The van der Waals surface area contributed by atoms with Gasteiger partial charge in [-0.3, -0.25) is 4.79 Å². The molecule has 0 aromatic rings. The zero-order valence-corrected chi connectivity index (χ0v) is 14.7. The van der Waals surface area contributed by atoms with Crippen molar-refractivity contribution in [1.29, 1.82) is 0 Å². The van der Waals surface area contributed by atoms with Crippen molar-refractivity contribution in [1.82, 2.24) is 0 Å². The summed E-state index contributed by atoms with van der Waals surface area (Å²) in [6.45, 7) is 3.89. The first-order valence-corrected chi connectivity index (χ1v) is 9.44. The Morgan fingerprint density at radius 2 is 1.05 bits per heavy atom. The molecular formula is C20H38O. The summed E-state index contributed by atoms with van der Waals surface area (Å²) in [6, 6.07) is 0. The first kappa shape index (κ1) is 20.4. The number of allylic oxidation sites excluding steroid dienone is 2. The van der Waals surface area contributed by atoms with Crippen molar-refractivity contribution in [2.45, 2.75) is 110 Å². The molecule has 0 aliphatic rings. The van der Waals surface area contributed by atoms with Crippen molar-refractivity contribution in [2.75, 3.05) is 0 Å². The Kier molecular flexibility index (Phi) is 17.0. The highest BCUT2D eigenvalue weighted by Gasteiger charge is 1.93. The Balaban J connectivity index is 3.01. The molecule has 1 heteroatoms. The number of hydrogen-bond donors (Lipinski definition) is 0. The molecule has 0 atom stereocenters. The van der Waals surface area contributed by atoms with Crippen LogP contribution in [0.25, 0.3) is 0 Å². The lowest BCUT2D eigenvalue weighted by Gasteiger charge is -2.02. The van der Waals surface area contributed by atoms with Gasteiger partial charge in [-0.2, -0.15) is 0 Å². The van der Waals surface area contributed by atoms with E-state index in [1.165, 1.54) is 89.9 Å².